The largest absolute Gasteiger partial charge is 0.282 e. The van der Waals surface area contributed by atoms with Crippen LogP contribution in [0.3, 0.4) is 0 Å². The van der Waals surface area contributed by atoms with Gasteiger partial charge in [-0.2, -0.15) is 17.6 Å². The van der Waals surface area contributed by atoms with E-state index in [4.69, 9.17) is 0 Å². The monoisotopic (exact) mass is 434 g/mol. The summed E-state index contributed by atoms with van der Waals surface area (Å²) in [7, 11) is -3.82. The van der Waals surface area contributed by atoms with Gasteiger partial charge in [0, 0.05) is 34.1 Å². The maximum Gasteiger partial charge on any atom is 0.282 e. The van der Waals surface area contributed by atoms with Crippen molar-refractivity contribution in [2.24, 2.45) is 0 Å². The van der Waals surface area contributed by atoms with E-state index in [1.165, 1.54) is 17.5 Å². The molecule has 0 spiro atoms. The first-order valence-corrected chi connectivity index (χ1v) is 11.8. The SMILES string of the molecule is Cc1nc(-c2cccc(S(=O)(=O)n3ccc(-c4ccnc5c4=CCCC=5)n3)c2)cs1. The summed E-state index contributed by atoms with van der Waals surface area (Å²) in [6, 6.07) is 10.4. The average Bonchev–Trinajstić information content (AvgIpc) is 3.43. The van der Waals surface area contributed by atoms with Crippen molar-refractivity contribution in [3.63, 3.8) is 0 Å². The predicted molar refractivity (Wildman–Crippen MR) is 118 cm³/mol. The van der Waals surface area contributed by atoms with Crippen LogP contribution in [0.15, 0.2) is 59.1 Å². The molecular formula is C22H18N4O2S2. The molecule has 0 bridgehead atoms. The molecule has 6 nitrogen and oxygen atoms in total. The molecule has 0 fully saturated rings. The quantitative estimate of drug-likeness (QED) is 0.494. The summed E-state index contributed by atoms with van der Waals surface area (Å²) >= 11 is 1.53. The lowest BCUT2D eigenvalue weighted by Crippen LogP contribution is -2.31. The van der Waals surface area contributed by atoms with Gasteiger partial charge in [0.2, 0.25) is 0 Å². The van der Waals surface area contributed by atoms with Crippen LogP contribution in [0.4, 0.5) is 0 Å². The van der Waals surface area contributed by atoms with Crippen LogP contribution in [0.25, 0.3) is 34.7 Å². The molecule has 4 aromatic rings. The molecule has 0 N–H and O–H groups in total. The van der Waals surface area contributed by atoms with Gasteiger partial charge in [0.25, 0.3) is 10.0 Å². The molecule has 0 radical (unpaired) electrons. The van der Waals surface area contributed by atoms with Crippen LogP contribution in [0, 0.1) is 6.92 Å². The van der Waals surface area contributed by atoms with Gasteiger partial charge in [-0.1, -0.05) is 24.3 Å². The lowest BCUT2D eigenvalue weighted by atomic mass is 10.1. The molecule has 8 heteroatoms. The first kappa shape index (κ1) is 18.9. The standard InChI is InChI=1S/C22H18N4O2S2/c1-15-24-22(14-29-15)16-5-4-6-17(13-16)30(27,28)26-12-10-21(25-26)19-9-11-23-20-8-3-2-7-18(19)20/h4-14H,2-3H2,1H3. The van der Waals surface area contributed by atoms with Gasteiger partial charge in [0.05, 0.1) is 26.6 Å². The van der Waals surface area contributed by atoms with Gasteiger partial charge in [-0.15, -0.1) is 11.3 Å². The third-order valence-electron chi connectivity index (χ3n) is 5.01. The van der Waals surface area contributed by atoms with Crippen LogP contribution in [-0.2, 0) is 10.0 Å². The lowest BCUT2D eigenvalue weighted by molar-refractivity contribution is 0.580. The Hall–Kier alpha value is -3.10. The highest BCUT2D eigenvalue weighted by molar-refractivity contribution is 7.89. The van der Waals surface area contributed by atoms with Gasteiger partial charge in [-0.3, -0.25) is 4.98 Å². The predicted octanol–water partition coefficient (Wildman–Crippen LogP) is 2.97. The summed E-state index contributed by atoms with van der Waals surface area (Å²) in [6.45, 7) is 1.92. The minimum atomic E-state index is -3.82. The van der Waals surface area contributed by atoms with Gasteiger partial charge < -0.3 is 0 Å². The van der Waals surface area contributed by atoms with Crippen LogP contribution in [-0.4, -0.2) is 27.6 Å². The van der Waals surface area contributed by atoms with Gasteiger partial charge in [0.1, 0.15) is 0 Å². The first-order valence-electron chi connectivity index (χ1n) is 9.52. The molecule has 5 rings (SSSR count). The fourth-order valence-corrected chi connectivity index (χ4v) is 5.32. The Morgan fingerprint density at radius 3 is 2.77 bits per heavy atom. The van der Waals surface area contributed by atoms with Crippen LogP contribution >= 0.6 is 11.3 Å². The fraction of sp³-hybridized carbons (Fsp3) is 0.136. The molecule has 30 heavy (non-hydrogen) atoms. The molecule has 0 saturated heterocycles. The summed E-state index contributed by atoms with van der Waals surface area (Å²) in [5.74, 6) is 0. The molecule has 1 aliphatic carbocycles. The number of fused-ring (bicyclic) bond motifs is 1. The molecule has 1 aliphatic rings. The zero-order chi connectivity index (χ0) is 20.7. The number of aromatic nitrogens is 4. The molecule has 3 heterocycles. The van der Waals surface area contributed by atoms with Crippen molar-refractivity contribution in [2.75, 3.05) is 0 Å². The number of rotatable bonds is 4. The van der Waals surface area contributed by atoms with Crippen LogP contribution < -0.4 is 10.6 Å². The lowest BCUT2D eigenvalue weighted by Gasteiger charge is -2.07. The Morgan fingerprint density at radius 2 is 1.93 bits per heavy atom. The molecule has 0 atom stereocenters. The summed E-state index contributed by atoms with van der Waals surface area (Å²) in [4.78, 5) is 9.03. The van der Waals surface area contributed by atoms with E-state index < -0.39 is 10.0 Å². The number of nitrogens with zero attached hydrogens (tertiary/aromatic N) is 4. The minimum absolute atomic E-state index is 0.178. The maximum atomic E-state index is 13.2. The third kappa shape index (κ3) is 3.28. The van der Waals surface area contributed by atoms with Crippen molar-refractivity contribution < 1.29 is 8.42 Å². The number of hydrogen-bond acceptors (Lipinski definition) is 6. The van der Waals surface area contributed by atoms with Gasteiger partial charge >= 0.3 is 0 Å². The van der Waals surface area contributed by atoms with Crippen LogP contribution in [0.2, 0.25) is 0 Å². The van der Waals surface area contributed by atoms with E-state index >= 15 is 0 Å². The van der Waals surface area contributed by atoms with Crippen molar-refractivity contribution in [3.05, 3.63) is 69.7 Å². The third-order valence-corrected chi connectivity index (χ3v) is 7.33. The number of aryl methyl sites for hydroxylation is 1. The van der Waals surface area contributed by atoms with Crippen molar-refractivity contribution in [1.82, 2.24) is 19.2 Å². The van der Waals surface area contributed by atoms with Gasteiger partial charge in [0.15, 0.2) is 0 Å². The van der Waals surface area contributed by atoms with E-state index in [9.17, 15) is 8.42 Å². The Morgan fingerprint density at radius 1 is 1.07 bits per heavy atom. The summed E-state index contributed by atoms with van der Waals surface area (Å²) in [6.07, 6.45) is 9.35. The van der Waals surface area contributed by atoms with Crippen molar-refractivity contribution in [2.45, 2.75) is 24.7 Å². The van der Waals surface area contributed by atoms with Crippen LogP contribution in [0.1, 0.15) is 17.8 Å². The van der Waals surface area contributed by atoms with E-state index in [-0.39, 0.29) is 4.90 Å². The fourth-order valence-electron chi connectivity index (χ4n) is 3.54. The van der Waals surface area contributed by atoms with Crippen LogP contribution in [0.5, 0.6) is 0 Å². The zero-order valence-electron chi connectivity index (χ0n) is 16.2. The minimum Gasteiger partial charge on any atom is -0.257 e. The van der Waals surface area contributed by atoms with Crippen molar-refractivity contribution in [1.29, 1.82) is 0 Å². The number of pyridine rings is 1. The average molecular weight is 435 g/mol. The molecule has 1 aromatic carbocycles. The molecule has 0 aliphatic heterocycles. The maximum absolute atomic E-state index is 13.2. The molecule has 3 aromatic heterocycles. The smallest absolute Gasteiger partial charge is 0.257 e. The summed E-state index contributed by atoms with van der Waals surface area (Å²) in [5, 5.41) is 9.18. The normalized spacial score (nSPS) is 13.4. The highest BCUT2D eigenvalue weighted by Gasteiger charge is 2.20. The highest BCUT2D eigenvalue weighted by atomic mass is 32.2. The molecular weight excluding hydrogens is 416 g/mol. The first-order chi connectivity index (χ1) is 14.5. The summed E-state index contributed by atoms with van der Waals surface area (Å²) in [5.41, 5.74) is 3.03. The number of hydrogen-bond donors (Lipinski definition) is 0. The van der Waals surface area contributed by atoms with Gasteiger partial charge in [-0.05, 0) is 44.0 Å². The van der Waals surface area contributed by atoms with E-state index in [2.05, 4.69) is 27.2 Å². The summed E-state index contributed by atoms with van der Waals surface area (Å²) < 4.78 is 27.5. The molecule has 0 amide bonds. The van der Waals surface area contributed by atoms with Crippen molar-refractivity contribution in [3.8, 4) is 22.5 Å². The Balaban J connectivity index is 1.56. The second-order valence-corrected chi connectivity index (χ2v) is 9.86. The Labute approximate surface area is 177 Å². The number of thiazole rings is 1. The molecule has 0 saturated carbocycles. The molecule has 150 valence electrons. The molecule has 0 unspecified atom stereocenters. The van der Waals surface area contributed by atoms with E-state index in [0.717, 1.165) is 49.3 Å². The van der Waals surface area contributed by atoms with E-state index in [1.54, 1.807) is 30.5 Å². The number of benzene rings is 1. The van der Waals surface area contributed by atoms with Crippen molar-refractivity contribution >= 4 is 33.5 Å². The highest BCUT2D eigenvalue weighted by Crippen LogP contribution is 2.25. The van der Waals surface area contributed by atoms with Gasteiger partial charge in [-0.25, -0.2) is 4.98 Å². The zero-order valence-corrected chi connectivity index (χ0v) is 17.8. The Bertz CT molecular complexity index is 1480. The second-order valence-electron chi connectivity index (χ2n) is 7.00. The second kappa shape index (κ2) is 7.30. The van der Waals surface area contributed by atoms with E-state index in [1.807, 2.05) is 24.4 Å². The Kier molecular flexibility index (Phi) is 4.60. The van der Waals surface area contributed by atoms with E-state index in [0.29, 0.717) is 5.69 Å². The topological polar surface area (TPSA) is 77.7 Å².